The van der Waals surface area contributed by atoms with Gasteiger partial charge in [0, 0.05) is 24.0 Å². The third-order valence-electron chi connectivity index (χ3n) is 3.64. The molecule has 1 unspecified atom stereocenters. The zero-order chi connectivity index (χ0) is 13.9. The van der Waals surface area contributed by atoms with Gasteiger partial charge in [-0.15, -0.1) is 0 Å². The summed E-state index contributed by atoms with van der Waals surface area (Å²) in [5.41, 5.74) is 10.9. The number of hydrogen-bond acceptors (Lipinski definition) is 3. The zero-order valence-corrected chi connectivity index (χ0v) is 11.5. The van der Waals surface area contributed by atoms with Crippen molar-refractivity contribution in [3.05, 3.63) is 65.7 Å². The van der Waals surface area contributed by atoms with Crippen LogP contribution in [0.2, 0.25) is 0 Å². The molecule has 2 N–H and O–H groups in total. The van der Waals surface area contributed by atoms with Crippen molar-refractivity contribution in [1.29, 1.82) is 0 Å². The number of rotatable bonds is 4. The summed E-state index contributed by atoms with van der Waals surface area (Å²) in [5, 5.41) is 4.31. The molecule has 0 saturated heterocycles. The maximum Gasteiger partial charge on any atom is 0.0892 e. The van der Waals surface area contributed by atoms with E-state index in [0.717, 1.165) is 23.9 Å². The first-order valence-corrected chi connectivity index (χ1v) is 6.88. The molecule has 0 aliphatic carbocycles. The Bertz CT molecular complexity index is 700. The Morgan fingerprint density at radius 2 is 1.90 bits per heavy atom. The number of fused-ring (bicyclic) bond motifs is 1. The fourth-order valence-electron chi connectivity index (χ4n) is 2.41. The van der Waals surface area contributed by atoms with Gasteiger partial charge in [-0.1, -0.05) is 31.2 Å². The van der Waals surface area contributed by atoms with Gasteiger partial charge < -0.3 is 5.73 Å². The second-order valence-corrected chi connectivity index (χ2v) is 4.99. The van der Waals surface area contributed by atoms with Crippen LogP contribution in [0.1, 0.15) is 29.7 Å². The summed E-state index contributed by atoms with van der Waals surface area (Å²) < 4.78 is 1.81. The van der Waals surface area contributed by atoms with Crippen LogP contribution in [0.5, 0.6) is 0 Å². The Kier molecular flexibility index (Phi) is 3.48. The monoisotopic (exact) mass is 266 g/mol. The van der Waals surface area contributed by atoms with E-state index in [0.29, 0.717) is 0 Å². The second-order valence-electron chi connectivity index (χ2n) is 4.99. The first-order chi connectivity index (χ1) is 9.78. The van der Waals surface area contributed by atoms with Crippen molar-refractivity contribution in [2.45, 2.75) is 25.8 Å². The van der Waals surface area contributed by atoms with Gasteiger partial charge in [0.25, 0.3) is 0 Å². The van der Waals surface area contributed by atoms with Crippen molar-refractivity contribution < 1.29 is 0 Å². The first-order valence-electron chi connectivity index (χ1n) is 6.88. The summed E-state index contributed by atoms with van der Waals surface area (Å²) in [6.07, 6.45) is 9.07. The van der Waals surface area contributed by atoms with Crippen LogP contribution >= 0.6 is 0 Å². The van der Waals surface area contributed by atoms with Gasteiger partial charge in [0.05, 0.1) is 17.9 Å². The average molecular weight is 266 g/mol. The van der Waals surface area contributed by atoms with Crippen molar-refractivity contribution >= 4 is 5.52 Å². The van der Waals surface area contributed by atoms with Crippen molar-refractivity contribution in [2.75, 3.05) is 0 Å². The molecule has 0 spiro atoms. The van der Waals surface area contributed by atoms with E-state index >= 15 is 0 Å². The Labute approximate surface area is 118 Å². The summed E-state index contributed by atoms with van der Waals surface area (Å²) in [6, 6.07) is 8.58. The van der Waals surface area contributed by atoms with Crippen LogP contribution in [0.25, 0.3) is 5.52 Å². The molecule has 0 bridgehead atoms. The number of nitrogens with two attached hydrogens (primary N) is 1. The molecule has 0 amide bonds. The summed E-state index contributed by atoms with van der Waals surface area (Å²) in [6.45, 7) is 2.16. The van der Waals surface area contributed by atoms with Gasteiger partial charge in [-0.3, -0.25) is 4.98 Å². The number of aromatic nitrogens is 3. The zero-order valence-electron chi connectivity index (χ0n) is 11.5. The van der Waals surface area contributed by atoms with E-state index in [4.69, 9.17) is 5.73 Å². The molecule has 4 nitrogen and oxygen atoms in total. The highest BCUT2D eigenvalue weighted by Gasteiger charge is 2.13. The van der Waals surface area contributed by atoms with Gasteiger partial charge in [0.2, 0.25) is 0 Å². The van der Waals surface area contributed by atoms with E-state index in [2.05, 4.69) is 41.3 Å². The van der Waals surface area contributed by atoms with Gasteiger partial charge in [0.1, 0.15) is 0 Å². The number of hydrogen-bond donors (Lipinski definition) is 1. The van der Waals surface area contributed by atoms with E-state index in [1.54, 1.807) is 6.20 Å². The van der Waals surface area contributed by atoms with Crippen LogP contribution in [0.4, 0.5) is 0 Å². The Morgan fingerprint density at radius 1 is 1.15 bits per heavy atom. The predicted molar refractivity (Wildman–Crippen MR) is 79.4 cm³/mol. The molecule has 20 heavy (non-hydrogen) atoms. The van der Waals surface area contributed by atoms with Crippen LogP contribution in [0.3, 0.4) is 0 Å². The second kappa shape index (κ2) is 5.43. The van der Waals surface area contributed by atoms with Crippen molar-refractivity contribution in [2.24, 2.45) is 5.73 Å². The van der Waals surface area contributed by atoms with E-state index in [9.17, 15) is 0 Å². The van der Waals surface area contributed by atoms with Gasteiger partial charge in [-0.05, 0) is 24.0 Å². The summed E-state index contributed by atoms with van der Waals surface area (Å²) in [7, 11) is 0. The normalized spacial score (nSPS) is 12.7. The topological polar surface area (TPSA) is 56.2 Å². The highest BCUT2D eigenvalue weighted by molar-refractivity contribution is 5.53. The molecule has 102 valence electrons. The highest BCUT2D eigenvalue weighted by atomic mass is 15.2. The molecule has 3 aromatic rings. The third-order valence-corrected chi connectivity index (χ3v) is 3.64. The van der Waals surface area contributed by atoms with Crippen LogP contribution in [-0.4, -0.2) is 14.6 Å². The van der Waals surface area contributed by atoms with Crippen LogP contribution in [0.15, 0.2) is 49.1 Å². The minimum absolute atomic E-state index is 0.0656. The number of nitrogens with zero attached hydrogens (tertiary/aromatic N) is 3. The lowest BCUT2D eigenvalue weighted by Gasteiger charge is -2.11. The SMILES string of the molecule is CCc1ccc(CC(N)c2cnn3ccncc23)cc1. The van der Waals surface area contributed by atoms with Crippen LogP contribution < -0.4 is 5.73 Å². The molecule has 2 heterocycles. The van der Waals surface area contributed by atoms with Gasteiger partial charge >= 0.3 is 0 Å². The maximum absolute atomic E-state index is 6.33. The predicted octanol–water partition coefficient (Wildman–Crippen LogP) is 2.53. The lowest BCUT2D eigenvalue weighted by molar-refractivity contribution is 0.727. The molecular formula is C16H18N4. The van der Waals surface area contributed by atoms with Gasteiger partial charge in [-0.25, -0.2) is 4.52 Å². The largest absolute Gasteiger partial charge is 0.324 e. The van der Waals surface area contributed by atoms with E-state index in [-0.39, 0.29) is 6.04 Å². The number of aryl methyl sites for hydroxylation is 1. The standard InChI is InChI=1S/C16H18N4/c1-2-12-3-5-13(6-4-12)9-15(17)14-10-19-20-8-7-18-11-16(14)20/h3-8,10-11,15H,2,9,17H2,1H3. The molecule has 0 aliphatic rings. The Balaban J connectivity index is 1.83. The molecule has 0 radical (unpaired) electrons. The molecule has 4 heteroatoms. The summed E-state index contributed by atoms with van der Waals surface area (Å²) in [4.78, 5) is 4.14. The molecule has 2 aromatic heterocycles. The van der Waals surface area contributed by atoms with Crippen LogP contribution in [-0.2, 0) is 12.8 Å². The van der Waals surface area contributed by atoms with Crippen molar-refractivity contribution in [1.82, 2.24) is 14.6 Å². The minimum Gasteiger partial charge on any atom is -0.324 e. The lowest BCUT2D eigenvalue weighted by atomic mass is 10.00. The fourth-order valence-corrected chi connectivity index (χ4v) is 2.41. The summed E-state index contributed by atoms with van der Waals surface area (Å²) in [5.74, 6) is 0. The van der Waals surface area contributed by atoms with E-state index < -0.39 is 0 Å². The molecule has 0 aliphatic heterocycles. The molecule has 0 fully saturated rings. The van der Waals surface area contributed by atoms with Crippen molar-refractivity contribution in [3.8, 4) is 0 Å². The van der Waals surface area contributed by atoms with E-state index in [1.807, 2.05) is 23.1 Å². The molecule has 0 saturated carbocycles. The molecule has 3 rings (SSSR count). The Morgan fingerprint density at radius 3 is 2.65 bits per heavy atom. The third kappa shape index (κ3) is 2.42. The maximum atomic E-state index is 6.33. The highest BCUT2D eigenvalue weighted by Crippen LogP contribution is 2.20. The van der Waals surface area contributed by atoms with E-state index in [1.165, 1.54) is 11.1 Å². The number of benzene rings is 1. The molecular weight excluding hydrogens is 248 g/mol. The minimum atomic E-state index is -0.0656. The molecule has 1 atom stereocenters. The fraction of sp³-hybridized carbons (Fsp3) is 0.250. The Hall–Kier alpha value is -2.20. The van der Waals surface area contributed by atoms with Gasteiger partial charge in [0.15, 0.2) is 0 Å². The first kappa shape index (κ1) is 12.8. The quantitative estimate of drug-likeness (QED) is 0.789. The smallest absolute Gasteiger partial charge is 0.0892 e. The average Bonchev–Trinajstić information content (AvgIpc) is 2.92. The molecule has 1 aromatic carbocycles. The lowest BCUT2D eigenvalue weighted by Crippen LogP contribution is -2.13. The summed E-state index contributed by atoms with van der Waals surface area (Å²) >= 11 is 0. The van der Waals surface area contributed by atoms with Crippen molar-refractivity contribution in [3.63, 3.8) is 0 Å². The van der Waals surface area contributed by atoms with Crippen LogP contribution in [0, 0.1) is 0 Å². The van der Waals surface area contributed by atoms with Gasteiger partial charge in [-0.2, -0.15) is 5.10 Å².